The van der Waals surface area contributed by atoms with Gasteiger partial charge in [-0.3, -0.25) is 24.1 Å². The van der Waals surface area contributed by atoms with Crippen LogP contribution in [-0.4, -0.2) is 34.1 Å². The molecule has 0 saturated carbocycles. The van der Waals surface area contributed by atoms with Gasteiger partial charge in [-0.1, -0.05) is 121 Å². The predicted molar refractivity (Wildman–Crippen MR) is 310 cm³/mol. The van der Waals surface area contributed by atoms with Crippen LogP contribution in [0.5, 0.6) is 46.0 Å². The van der Waals surface area contributed by atoms with Crippen LogP contribution in [0.2, 0.25) is 0 Å². The van der Waals surface area contributed by atoms with Gasteiger partial charge in [0.15, 0.2) is 0 Å². The van der Waals surface area contributed by atoms with Crippen LogP contribution in [0.3, 0.4) is 0 Å². The van der Waals surface area contributed by atoms with Crippen LogP contribution in [0.15, 0.2) is 194 Å². The van der Waals surface area contributed by atoms with E-state index >= 15 is 0 Å². The molecule has 10 heteroatoms. The summed E-state index contributed by atoms with van der Waals surface area (Å²) in [5.74, 6) is 3.24. The second-order valence-corrected chi connectivity index (χ2v) is 22.7. The number of hydrogen-bond acceptors (Lipinski definition) is 8. The quantitative estimate of drug-likeness (QED) is 0.0655. The van der Waals surface area contributed by atoms with Crippen molar-refractivity contribution < 1.29 is 38.1 Å². The molecule has 0 bridgehead atoms. The van der Waals surface area contributed by atoms with E-state index in [4.69, 9.17) is 18.9 Å². The number of ether oxygens (including phenoxy) is 4. The molecule has 0 aliphatic carbocycles. The van der Waals surface area contributed by atoms with Crippen LogP contribution in [-0.2, 0) is 16.2 Å². The highest BCUT2D eigenvalue weighted by molar-refractivity contribution is 6.34. The van der Waals surface area contributed by atoms with E-state index in [2.05, 4.69) is 91.4 Å². The third kappa shape index (κ3) is 10.2. The van der Waals surface area contributed by atoms with Gasteiger partial charge in [0.1, 0.15) is 46.0 Å². The van der Waals surface area contributed by atoms with Gasteiger partial charge in [0.05, 0.1) is 33.5 Å². The lowest BCUT2D eigenvalue weighted by Gasteiger charge is -2.34. The monoisotopic (exact) mass is 1050 g/mol. The SMILES string of the molecule is C=C(C)C(C)(C)N1C(=O)c2ccc(Oc3ccc(C(C)(C)c4ccc(Oc5ccc6c(c5)C(=O)N(c5ccc(Oc7ccc(C(C)(C)c8ccc(Oc9ccc(C(C)(C)CC)cc9)cc8)cc7)cc5)C6=O)cc4)cc3)cc2C1=O. The zero-order valence-corrected chi connectivity index (χ0v) is 46.4. The van der Waals surface area contributed by atoms with Gasteiger partial charge in [-0.25, -0.2) is 4.90 Å². The minimum absolute atomic E-state index is 0.121. The fourth-order valence-electron chi connectivity index (χ4n) is 9.98. The molecule has 0 N–H and O–H groups in total. The Morgan fingerprint density at radius 3 is 1.01 bits per heavy atom. The molecule has 8 aromatic rings. The topological polar surface area (TPSA) is 112 Å². The summed E-state index contributed by atoms with van der Waals surface area (Å²) < 4.78 is 24.8. The Kier molecular flexibility index (Phi) is 13.8. The average molecular weight is 1050 g/mol. The molecule has 0 atom stereocenters. The zero-order chi connectivity index (χ0) is 56.2. The molecule has 8 aromatic carbocycles. The summed E-state index contributed by atoms with van der Waals surface area (Å²) in [7, 11) is 0. The van der Waals surface area contributed by atoms with E-state index in [0.29, 0.717) is 62.4 Å². The first kappa shape index (κ1) is 53.4. The number of benzene rings is 8. The number of hydrogen-bond donors (Lipinski definition) is 0. The lowest BCUT2D eigenvalue weighted by atomic mass is 9.78. The predicted octanol–water partition coefficient (Wildman–Crippen LogP) is 16.9. The summed E-state index contributed by atoms with van der Waals surface area (Å²) >= 11 is 0. The number of anilines is 1. The molecular weight excluding hydrogens is 985 g/mol. The number of nitrogens with zero attached hydrogens (tertiary/aromatic N) is 2. The lowest BCUT2D eigenvalue weighted by molar-refractivity contribution is 0.0527. The van der Waals surface area contributed by atoms with Gasteiger partial charge in [-0.05, 0) is 182 Å². The highest BCUT2D eigenvalue weighted by atomic mass is 16.5. The van der Waals surface area contributed by atoms with Crippen molar-refractivity contribution in [2.75, 3.05) is 4.90 Å². The summed E-state index contributed by atoms with van der Waals surface area (Å²) in [5.41, 5.74) is 6.56. The maximum Gasteiger partial charge on any atom is 0.266 e. The Hall–Kier alpha value is -9.02. The number of fused-ring (bicyclic) bond motifs is 2. The molecule has 0 saturated heterocycles. The van der Waals surface area contributed by atoms with Crippen molar-refractivity contribution >= 4 is 29.3 Å². The Bertz CT molecular complexity index is 3670. The van der Waals surface area contributed by atoms with Crippen LogP contribution in [0.4, 0.5) is 5.69 Å². The Morgan fingerprint density at radius 1 is 0.380 bits per heavy atom. The van der Waals surface area contributed by atoms with E-state index in [0.717, 1.165) is 40.2 Å². The Balaban J connectivity index is 0.731. The van der Waals surface area contributed by atoms with Gasteiger partial charge in [0.25, 0.3) is 23.6 Å². The number of rotatable bonds is 17. The zero-order valence-electron chi connectivity index (χ0n) is 46.4. The second kappa shape index (κ2) is 20.4. The van der Waals surface area contributed by atoms with Crippen molar-refractivity contribution in [3.63, 3.8) is 0 Å². The third-order valence-electron chi connectivity index (χ3n) is 16.2. The van der Waals surface area contributed by atoms with Crippen molar-refractivity contribution in [1.82, 2.24) is 4.90 Å². The average Bonchev–Trinajstić information content (AvgIpc) is 3.98. The largest absolute Gasteiger partial charge is 0.457 e. The molecule has 2 aliphatic rings. The van der Waals surface area contributed by atoms with Crippen LogP contribution in [0, 0.1) is 0 Å². The first-order chi connectivity index (χ1) is 37.5. The lowest BCUT2D eigenvalue weighted by Crippen LogP contribution is -2.48. The highest BCUT2D eigenvalue weighted by Crippen LogP contribution is 2.40. The van der Waals surface area contributed by atoms with Crippen molar-refractivity contribution in [1.29, 1.82) is 0 Å². The van der Waals surface area contributed by atoms with E-state index in [9.17, 15) is 19.2 Å². The molecule has 0 fully saturated rings. The normalized spacial score (nSPS) is 13.6. The Labute approximate surface area is 462 Å². The minimum atomic E-state index is -0.834. The van der Waals surface area contributed by atoms with Gasteiger partial charge in [-0.2, -0.15) is 0 Å². The van der Waals surface area contributed by atoms with Gasteiger partial charge < -0.3 is 18.9 Å². The van der Waals surface area contributed by atoms with Crippen LogP contribution in [0.1, 0.15) is 145 Å². The molecule has 0 unspecified atom stereocenters. The van der Waals surface area contributed by atoms with Crippen molar-refractivity contribution in [3.05, 3.63) is 244 Å². The molecule has 2 aliphatic heterocycles. The standard InChI is InChI=1S/C69H64N2O8/c1-12-66(4,5)44-13-25-50(26-14-44)76-51-27-15-45(16-28-51)67(6,7)46-17-29-52(30-18-46)77-55-35-23-49(24-36-55)70-62(72)58-39-37-56(41-60(58)63(70)73)78-53-31-19-47(20-32-53)68(8,9)48-21-33-54(34-22-48)79-57-38-40-59-61(42-57)65(75)71(64(59)74)69(10,11)43(2)3/h13-42H,2,12H2,1,3-11H3. The van der Waals surface area contributed by atoms with E-state index in [1.165, 1.54) is 15.4 Å². The van der Waals surface area contributed by atoms with Crippen molar-refractivity contribution in [2.24, 2.45) is 0 Å². The van der Waals surface area contributed by atoms with Crippen molar-refractivity contribution in [3.8, 4) is 46.0 Å². The smallest absolute Gasteiger partial charge is 0.266 e. The number of carbonyl (C=O) groups is 4. The first-order valence-corrected chi connectivity index (χ1v) is 26.6. The van der Waals surface area contributed by atoms with Gasteiger partial charge in [-0.15, -0.1) is 0 Å². The molecule has 4 amide bonds. The maximum atomic E-state index is 13.8. The van der Waals surface area contributed by atoms with Gasteiger partial charge in [0.2, 0.25) is 0 Å². The molecule has 79 heavy (non-hydrogen) atoms. The number of amides is 4. The first-order valence-electron chi connectivity index (χ1n) is 26.6. The van der Waals surface area contributed by atoms with Crippen LogP contribution >= 0.6 is 0 Å². The number of imide groups is 2. The van der Waals surface area contributed by atoms with E-state index in [-0.39, 0.29) is 28.2 Å². The molecule has 2 heterocycles. The van der Waals surface area contributed by atoms with E-state index < -0.39 is 22.8 Å². The maximum absolute atomic E-state index is 13.8. The molecule has 0 aromatic heterocycles. The molecule has 0 radical (unpaired) electrons. The fraction of sp³-hybridized carbons (Fsp3) is 0.217. The van der Waals surface area contributed by atoms with Gasteiger partial charge >= 0.3 is 0 Å². The summed E-state index contributed by atoms with van der Waals surface area (Å²) in [6, 6.07) is 56.9. The molecule has 10 nitrogen and oxygen atoms in total. The van der Waals surface area contributed by atoms with Gasteiger partial charge in [0, 0.05) is 10.8 Å². The third-order valence-corrected chi connectivity index (χ3v) is 16.2. The van der Waals surface area contributed by atoms with Crippen LogP contribution in [0.25, 0.3) is 0 Å². The molecular formula is C69H64N2O8. The summed E-state index contributed by atoms with van der Waals surface area (Å²) in [6.07, 6.45) is 1.06. The van der Waals surface area contributed by atoms with Crippen LogP contribution < -0.4 is 23.8 Å². The van der Waals surface area contributed by atoms with E-state index in [1.807, 2.05) is 98.8 Å². The summed E-state index contributed by atoms with van der Waals surface area (Å²) in [4.78, 5) is 56.5. The summed E-state index contributed by atoms with van der Waals surface area (Å²) in [5, 5.41) is 0. The molecule has 0 spiro atoms. The number of carbonyl (C=O) groups excluding carboxylic acids is 4. The molecule has 10 rings (SSSR count). The fourth-order valence-corrected chi connectivity index (χ4v) is 9.98. The molecule has 398 valence electrons. The minimum Gasteiger partial charge on any atom is -0.457 e. The second-order valence-electron chi connectivity index (χ2n) is 22.7. The highest BCUT2D eigenvalue weighted by Gasteiger charge is 2.45. The van der Waals surface area contributed by atoms with Crippen molar-refractivity contribution in [2.45, 2.75) is 97.4 Å². The summed E-state index contributed by atoms with van der Waals surface area (Å²) in [6.45, 7) is 24.8. The Morgan fingerprint density at radius 2 is 0.658 bits per heavy atom. The van der Waals surface area contributed by atoms with E-state index in [1.54, 1.807) is 67.6 Å².